The zero-order valence-electron chi connectivity index (χ0n) is 17.6. The van der Waals surface area contributed by atoms with Crippen LogP contribution in [0.15, 0.2) is 4.99 Å². The topological polar surface area (TPSA) is 69.2 Å². The van der Waals surface area contributed by atoms with E-state index in [-0.39, 0.29) is 5.54 Å². The zero-order valence-corrected chi connectivity index (χ0v) is 17.6. The number of likely N-dealkylation sites (N-methyl/N-ethyl adjacent to an activating group) is 1. The Labute approximate surface area is 164 Å². The number of hydrogen-bond donors (Lipinski definition) is 2. The van der Waals surface area contributed by atoms with Gasteiger partial charge in [-0.2, -0.15) is 0 Å². The predicted octanol–water partition coefficient (Wildman–Crippen LogP) is 1.45. The van der Waals surface area contributed by atoms with Gasteiger partial charge in [-0.15, -0.1) is 0 Å². The number of nitrogens with zero attached hydrogens (tertiary/aromatic N) is 3. The van der Waals surface area contributed by atoms with Crippen molar-refractivity contribution in [3.8, 4) is 0 Å². The lowest BCUT2D eigenvalue weighted by molar-refractivity contribution is -0.130. The van der Waals surface area contributed by atoms with Crippen molar-refractivity contribution in [1.29, 1.82) is 0 Å². The first-order chi connectivity index (χ1) is 13.1. The maximum atomic E-state index is 12.1. The molecule has 2 aliphatic rings. The van der Waals surface area contributed by atoms with Crippen molar-refractivity contribution >= 4 is 11.9 Å². The van der Waals surface area contributed by atoms with Crippen LogP contribution in [-0.2, 0) is 9.53 Å². The predicted molar refractivity (Wildman–Crippen MR) is 110 cm³/mol. The maximum Gasteiger partial charge on any atom is 0.222 e. The maximum absolute atomic E-state index is 12.1. The third-order valence-corrected chi connectivity index (χ3v) is 5.82. The van der Waals surface area contributed by atoms with Gasteiger partial charge in [0.15, 0.2) is 5.96 Å². The number of likely N-dealkylation sites (tertiary alicyclic amines) is 1. The van der Waals surface area contributed by atoms with Gasteiger partial charge in [-0.1, -0.05) is 6.42 Å². The first kappa shape index (κ1) is 22.0. The van der Waals surface area contributed by atoms with E-state index in [1.807, 2.05) is 4.90 Å². The molecule has 27 heavy (non-hydrogen) atoms. The molecule has 7 nitrogen and oxygen atoms in total. The number of hydrogen-bond acceptors (Lipinski definition) is 4. The third-order valence-electron chi connectivity index (χ3n) is 5.82. The van der Waals surface area contributed by atoms with Crippen LogP contribution < -0.4 is 10.6 Å². The van der Waals surface area contributed by atoms with Crippen LogP contribution in [0.5, 0.6) is 0 Å². The summed E-state index contributed by atoms with van der Waals surface area (Å²) in [6.45, 7) is 7.89. The van der Waals surface area contributed by atoms with Crippen LogP contribution in [0, 0.1) is 0 Å². The smallest absolute Gasteiger partial charge is 0.222 e. The van der Waals surface area contributed by atoms with Gasteiger partial charge in [0.1, 0.15) is 0 Å². The van der Waals surface area contributed by atoms with Gasteiger partial charge >= 0.3 is 0 Å². The Balaban J connectivity index is 1.81. The van der Waals surface area contributed by atoms with Gasteiger partial charge < -0.3 is 25.2 Å². The fraction of sp³-hybridized carbons (Fsp3) is 0.900. The number of aliphatic imine (C=N–C) groups is 1. The Morgan fingerprint density at radius 2 is 2.00 bits per heavy atom. The average molecular weight is 382 g/mol. The fourth-order valence-electron chi connectivity index (χ4n) is 3.82. The molecule has 0 spiro atoms. The quantitative estimate of drug-likeness (QED) is 0.378. The second-order valence-corrected chi connectivity index (χ2v) is 7.90. The summed E-state index contributed by atoms with van der Waals surface area (Å²) in [7, 11) is 4.28. The molecule has 2 N–H and O–H groups in total. The molecule has 2 rings (SSSR count). The Hall–Kier alpha value is -1.34. The lowest BCUT2D eigenvalue weighted by Crippen LogP contribution is -2.51. The largest absolute Gasteiger partial charge is 0.381 e. The summed E-state index contributed by atoms with van der Waals surface area (Å²) in [5, 5.41) is 6.78. The molecule has 0 radical (unpaired) electrons. The highest BCUT2D eigenvalue weighted by Crippen LogP contribution is 2.26. The number of guanidine groups is 1. The van der Waals surface area contributed by atoms with E-state index < -0.39 is 0 Å². The zero-order chi connectivity index (χ0) is 19.5. The lowest BCUT2D eigenvalue weighted by Gasteiger charge is -2.41. The van der Waals surface area contributed by atoms with Crippen molar-refractivity contribution in [2.75, 3.05) is 60.0 Å². The number of amides is 1. The van der Waals surface area contributed by atoms with Gasteiger partial charge in [-0.05, 0) is 53.1 Å². The highest BCUT2D eigenvalue weighted by atomic mass is 16.5. The van der Waals surface area contributed by atoms with Crippen molar-refractivity contribution in [2.24, 2.45) is 4.99 Å². The van der Waals surface area contributed by atoms with Gasteiger partial charge in [0.2, 0.25) is 5.91 Å². The van der Waals surface area contributed by atoms with Crippen LogP contribution in [0.3, 0.4) is 0 Å². The molecule has 0 aliphatic carbocycles. The first-order valence-corrected chi connectivity index (χ1v) is 10.6. The van der Waals surface area contributed by atoms with E-state index in [2.05, 4.69) is 36.6 Å². The van der Waals surface area contributed by atoms with Crippen molar-refractivity contribution in [1.82, 2.24) is 20.4 Å². The molecule has 0 aromatic carbocycles. The number of ether oxygens (including phenoxy) is 1. The third kappa shape index (κ3) is 6.96. The SMILES string of the molecule is CCNC(=NCC1(N(C)C)CCOCC1)NCCCN1CCCCCC1=O. The standard InChI is InChI=1S/C20H39N5O2/c1-4-21-19(23-17-20(24(2)3)10-15-27-16-11-20)22-12-8-14-25-13-7-5-6-9-18(25)26/h4-17H2,1-3H3,(H2,21,22,23). The van der Waals surface area contributed by atoms with E-state index in [1.165, 1.54) is 6.42 Å². The minimum atomic E-state index is 0.0824. The van der Waals surface area contributed by atoms with Crippen LogP contribution in [-0.4, -0.2) is 87.2 Å². The highest BCUT2D eigenvalue weighted by molar-refractivity contribution is 5.79. The Morgan fingerprint density at radius 1 is 1.22 bits per heavy atom. The van der Waals surface area contributed by atoms with Crippen LogP contribution in [0.1, 0.15) is 51.9 Å². The fourth-order valence-corrected chi connectivity index (χ4v) is 3.82. The molecule has 2 fully saturated rings. The van der Waals surface area contributed by atoms with E-state index in [0.29, 0.717) is 12.3 Å². The number of carbonyl (C=O) groups is 1. The molecule has 0 unspecified atom stereocenters. The average Bonchev–Trinajstić information content (AvgIpc) is 2.88. The minimum absolute atomic E-state index is 0.0824. The molecule has 0 bridgehead atoms. The van der Waals surface area contributed by atoms with Crippen LogP contribution in [0.25, 0.3) is 0 Å². The molecule has 1 amide bonds. The van der Waals surface area contributed by atoms with Crippen LogP contribution in [0.4, 0.5) is 0 Å². The number of rotatable bonds is 8. The van der Waals surface area contributed by atoms with Gasteiger partial charge in [0.05, 0.1) is 6.54 Å². The molecule has 0 saturated carbocycles. The van der Waals surface area contributed by atoms with Crippen molar-refractivity contribution in [2.45, 2.75) is 57.4 Å². The molecule has 2 heterocycles. The highest BCUT2D eigenvalue weighted by Gasteiger charge is 2.34. The second-order valence-electron chi connectivity index (χ2n) is 7.90. The summed E-state index contributed by atoms with van der Waals surface area (Å²) in [6, 6.07) is 0. The number of nitrogens with one attached hydrogen (secondary N) is 2. The summed E-state index contributed by atoms with van der Waals surface area (Å²) >= 11 is 0. The summed E-state index contributed by atoms with van der Waals surface area (Å²) < 4.78 is 5.55. The Bertz CT molecular complexity index is 475. The summed E-state index contributed by atoms with van der Waals surface area (Å²) in [6.07, 6.45) is 7.05. The summed E-state index contributed by atoms with van der Waals surface area (Å²) in [4.78, 5) is 21.3. The van der Waals surface area contributed by atoms with E-state index in [4.69, 9.17) is 9.73 Å². The molecular weight excluding hydrogens is 342 g/mol. The van der Waals surface area contributed by atoms with Gasteiger partial charge in [0.25, 0.3) is 0 Å². The van der Waals surface area contributed by atoms with Gasteiger partial charge in [-0.3, -0.25) is 9.79 Å². The van der Waals surface area contributed by atoms with Crippen molar-refractivity contribution < 1.29 is 9.53 Å². The second kappa shape index (κ2) is 11.5. The summed E-state index contributed by atoms with van der Waals surface area (Å²) in [5.74, 6) is 1.19. The molecule has 0 aromatic heterocycles. The molecule has 7 heteroatoms. The minimum Gasteiger partial charge on any atom is -0.381 e. The Kier molecular flexibility index (Phi) is 9.34. The van der Waals surface area contributed by atoms with E-state index in [1.54, 1.807) is 0 Å². The number of carbonyl (C=O) groups excluding carboxylic acids is 1. The van der Waals surface area contributed by atoms with Crippen molar-refractivity contribution in [3.05, 3.63) is 0 Å². The lowest BCUT2D eigenvalue weighted by atomic mass is 9.89. The molecule has 2 saturated heterocycles. The van der Waals surface area contributed by atoms with Gasteiger partial charge in [0, 0.05) is 51.4 Å². The summed E-state index contributed by atoms with van der Waals surface area (Å²) in [5.41, 5.74) is 0.0824. The monoisotopic (exact) mass is 381 g/mol. The normalized spacial score (nSPS) is 21.3. The Morgan fingerprint density at radius 3 is 2.70 bits per heavy atom. The first-order valence-electron chi connectivity index (χ1n) is 10.6. The molecule has 2 aliphatic heterocycles. The van der Waals surface area contributed by atoms with Gasteiger partial charge in [-0.25, -0.2) is 0 Å². The van der Waals surface area contributed by atoms with Crippen LogP contribution >= 0.6 is 0 Å². The molecular formula is C20H39N5O2. The van der Waals surface area contributed by atoms with E-state index in [0.717, 1.165) is 84.0 Å². The molecule has 0 atom stereocenters. The van der Waals surface area contributed by atoms with Crippen LogP contribution in [0.2, 0.25) is 0 Å². The molecule has 156 valence electrons. The van der Waals surface area contributed by atoms with E-state index in [9.17, 15) is 4.79 Å². The van der Waals surface area contributed by atoms with E-state index >= 15 is 0 Å². The van der Waals surface area contributed by atoms with Crippen molar-refractivity contribution in [3.63, 3.8) is 0 Å². The molecule has 0 aromatic rings.